The van der Waals surface area contributed by atoms with Crippen molar-refractivity contribution in [1.82, 2.24) is 15.1 Å². The van der Waals surface area contributed by atoms with Crippen LogP contribution >= 0.6 is 22.9 Å². The molecule has 3 rings (SSSR count). The number of halogens is 4. The number of alkyl halides is 3. The first-order valence-electron chi connectivity index (χ1n) is 12.6. The van der Waals surface area contributed by atoms with Gasteiger partial charge in [0.1, 0.15) is 12.4 Å². The number of ether oxygens (including phenoxy) is 3. The topological polar surface area (TPSA) is 99.5 Å². The van der Waals surface area contributed by atoms with Gasteiger partial charge in [0.15, 0.2) is 5.82 Å². The van der Waals surface area contributed by atoms with Crippen molar-refractivity contribution >= 4 is 22.9 Å². The highest BCUT2D eigenvalue weighted by Gasteiger charge is 2.12. The summed E-state index contributed by atoms with van der Waals surface area (Å²) in [6.45, 7) is 14.7. The molecule has 0 saturated heterocycles. The molecule has 0 unspecified atom stereocenters. The summed E-state index contributed by atoms with van der Waals surface area (Å²) < 4.78 is 50.1. The Hall–Kier alpha value is -2.93. The number of thiazole rings is 1. The predicted molar refractivity (Wildman–Crippen MR) is 157 cm³/mol. The van der Waals surface area contributed by atoms with Crippen LogP contribution in [0.25, 0.3) is 11.4 Å². The van der Waals surface area contributed by atoms with Gasteiger partial charge in [-0.1, -0.05) is 48.3 Å². The zero-order chi connectivity index (χ0) is 31.2. The molecular formula is C28H39ClF3N3O5S. The van der Waals surface area contributed by atoms with Crippen LogP contribution in [-0.2, 0) is 22.7 Å². The molecule has 0 spiro atoms. The summed E-state index contributed by atoms with van der Waals surface area (Å²) in [4.78, 5) is 18.8. The minimum atomic E-state index is -3.67. The number of nitrogens with one attached hydrogen (secondary N) is 1. The van der Waals surface area contributed by atoms with E-state index in [0.29, 0.717) is 49.4 Å². The number of benzene rings is 1. The van der Waals surface area contributed by atoms with E-state index < -0.39 is 12.4 Å². The van der Waals surface area contributed by atoms with Gasteiger partial charge in [-0.25, -0.2) is 9.78 Å². The van der Waals surface area contributed by atoms with E-state index >= 15 is 0 Å². The fraction of sp³-hybridized carbons (Fsp3) is 0.464. The molecule has 0 atom stereocenters. The maximum absolute atomic E-state index is 11.1. The average Bonchev–Trinajstić information content (AvgIpc) is 3.51. The first-order valence-corrected chi connectivity index (χ1v) is 13.9. The molecule has 2 aromatic heterocycles. The third kappa shape index (κ3) is 19.7. The second-order valence-corrected chi connectivity index (χ2v) is 9.92. The van der Waals surface area contributed by atoms with E-state index in [1.807, 2.05) is 27.7 Å². The van der Waals surface area contributed by atoms with Crippen molar-refractivity contribution in [3.63, 3.8) is 0 Å². The third-order valence-corrected chi connectivity index (χ3v) is 5.29. The molecule has 0 saturated carbocycles. The minimum absolute atomic E-state index is 0.269. The summed E-state index contributed by atoms with van der Waals surface area (Å²) >= 11 is 7.75. The van der Waals surface area contributed by atoms with Crippen LogP contribution in [0.5, 0.6) is 5.75 Å². The zero-order valence-corrected chi connectivity index (χ0v) is 25.8. The van der Waals surface area contributed by atoms with E-state index in [1.54, 1.807) is 23.7 Å². The fourth-order valence-corrected chi connectivity index (χ4v) is 3.56. The fourth-order valence-electron chi connectivity index (χ4n) is 2.62. The summed E-state index contributed by atoms with van der Waals surface area (Å²) in [7, 11) is 0. The Morgan fingerprint density at radius 1 is 1.20 bits per heavy atom. The summed E-state index contributed by atoms with van der Waals surface area (Å²) in [5.74, 6) is 0.939. The molecule has 0 aliphatic rings. The van der Waals surface area contributed by atoms with E-state index in [0.717, 1.165) is 16.5 Å². The molecule has 1 aromatic carbocycles. The normalized spacial score (nSPS) is 10.4. The first kappa shape index (κ1) is 38.1. The molecule has 8 nitrogen and oxygen atoms in total. The lowest BCUT2D eigenvalue weighted by molar-refractivity contribution is 0.00819. The van der Waals surface area contributed by atoms with Crippen molar-refractivity contribution in [2.24, 2.45) is 5.92 Å². The SMILES string of the molecule is C/C=C\C(C)C.C=C(C)C.CCOCCOCc1ncsc1COc1ccc(-c2noc(=O)[nH]2)c(Cl)c1.FC(F)F. The van der Waals surface area contributed by atoms with Crippen LogP contribution in [-0.4, -0.2) is 41.6 Å². The molecule has 0 amide bonds. The van der Waals surface area contributed by atoms with Crippen molar-refractivity contribution in [2.45, 2.75) is 61.4 Å². The molecule has 0 aliphatic carbocycles. The van der Waals surface area contributed by atoms with Crippen LogP contribution in [0.1, 0.15) is 52.1 Å². The van der Waals surface area contributed by atoms with E-state index in [1.165, 1.54) is 16.9 Å². The number of hydrogen-bond acceptors (Lipinski definition) is 8. The molecule has 0 radical (unpaired) electrons. The zero-order valence-electron chi connectivity index (χ0n) is 24.2. The molecule has 41 heavy (non-hydrogen) atoms. The van der Waals surface area contributed by atoms with Crippen molar-refractivity contribution < 1.29 is 31.9 Å². The minimum Gasteiger partial charge on any atom is -0.488 e. The number of aromatic amines is 1. The number of hydrogen-bond donors (Lipinski definition) is 1. The van der Waals surface area contributed by atoms with Gasteiger partial charge in [-0.2, -0.15) is 13.2 Å². The first-order chi connectivity index (χ1) is 19.4. The second-order valence-electron chi connectivity index (χ2n) is 8.57. The van der Waals surface area contributed by atoms with Gasteiger partial charge in [-0.05, 0) is 51.8 Å². The van der Waals surface area contributed by atoms with Gasteiger partial charge >= 0.3 is 12.4 Å². The Labute approximate surface area is 248 Å². The van der Waals surface area contributed by atoms with Crippen molar-refractivity contribution in [1.29, 1.82) is 0 Å². The Morgan fingerprint density at radius 2 is 1.83 bits per heavy atom. The van der Waals surface area contributed by atoms with E-state index in [9.17, 15) is 18.0 Å². The van der Waals surface area contributed by atoms with Crippen LogP contribution in [0.3, 0.4) is 0 Å². The highest BCUT2D eigenvalue weighted by molar-refractivity contribution is 7.09. The second kappa shape index (κ2) is 22.7. The summed E-state index contributed by atoms with van der Waals surface area (Å²) in [5.41, 5.74) is 4.33. The lowest BCUT2D eigenvalue weighted by Gasteiger charge is -2.08. The van der Waals surface area contributed by atoms with Crippen LogP contribution < -0.4 is 10.5 Å². The molecule has 1 N–H and O–H groups in total. The van der Waals surface area contributed by atoms with E-state index in [2.05, 4.69) is 52.2 Å². The Bertz CT molecular complexity index is 1190. The van der Waals surface area contributed by atoms with Crippen molar-refractivity contribution in [2.75, 3.05) is 19.8 Å². The standard InChI is InChI=1S/C17H18ClN3O5S.C6H12.C4H8.CHF3/c1-2-23-5-6-24-8-14-15(27-10-19-14)9-25-11-3-4-12(13(18)7-11)16-20-17(22)26-21-16;1-4-5-6(2)3;1-4(2)3;2-1(3)4/h3-4,7,10H,2,5-6,8-9H2,1H3,(H,20,21,22);4-6H,1-3H3;1H2,2-3H3;1H/b;5-4-;;. The van der Waals surface area contributed by atoms with Gasteiger partial charge in [0, 0.05) is 12.2 Å². The van der Waals surface area contributed by atoms with Gasteiger partial charge < -0.3 is 14.2 Å². The summed E-state index contributed by atoms with van der Waals surface area (Å²) in [6, 6.07) is 5.10. The lowest BCUT2D eigenvalue weighted by atomic mass is 10.2. The van der Waals surface area contributed by atoms with Gasteiger partial charge in [0.05, 0.1) is 40.9 Å². The molecular weight excluding hydrogens is 583 g/mol. The summed E-state index contributed by atoms with van der Waals surface area (Å²) in [5, 5.41) is 4.01. The average molecular weight is 622 g/mol. The van der Waals surface area contributed by atoms with Crippen molar-refractivity contribution in [3.8, 4) is 17.1 Å². The number of rotatable bonds is 11. The highest BCUT2D eigenvalue weighted by atomic mass is 35.5. The smallest absolute Gasteiger partial charge is 0.439 e. The van der Waals surface area contributed by atoms with E-state index in [4.69, 9.17) is 25.8 Å². The molecule has 0 fully saturated rings. The van der Waals surface area contributed by atoms with Gasteiger partial charge in [-0.3, -0.25) is 9.51 Å². The molecule has 230 valence electrons. The van der Waals surface area contributed by atoms with Crippen molar-refractivity contribution in [3.05, 3.63) is 74.2 Å². The maximum Gasteiger partial charge on any atom is 0.439 e. The van der Waals surface area contributed by atoms with Crippen LogP contribution in [0.15, 0.2) is 57.3 Å². The molecule has 13 heteroatoms. The predicted octanol–water partition coefficient (Wildman–Crippen LogP) is 8.25. The Kier molecular flexibility index (Phi) is 21.1. The quantitative estimate of drug-likeness (QED) is 0.170. The molecule has 3 aromatic rings. The molecule has 0 bridgehead atoms. The molecule has 0 aliphatic heterocycles. The van der Waals surface area contributed by atoms with Gasteiger partial charge in [0.25, 0.3) is 0 Å². The number of aromatic nitrogens is 3. The largest absolute Gasteiger partial charge is 0.488 e. The van der Waals surface area contributed by atoms with Gasteiger partial charge in [0.2, 0.25) is 0 Å². The van der Waals surface area contributed by atoms with E-state index in [-0.39, 0.29) is 5.82 Å². The summed E-state index contributed by atoms with van der Waals surface area (Å²) in [6.07, 6.45) is 4.24. The Morgan fingerprint density at radius 3 is 2.32 bits per heavy atom. The number of H-pyrrole nitrogens is 1. The van der Waals surface area contributed by atoms with Gasteiger partial charge in [-0.15, -0.1) is 17.9 Å². The van der Waals surface area contributed by atoms with Crippen LogP contribution in [0.4, 0.5) is 13.2 Å². The monoisotopic (exact) mass is 621 g/mol. The lowest BCUT2D eigenvalue weighted by Crippen LogP contribution is -2.05. The highest BCUT2D eigenvalue weighted by Crippen LogP contribution is 2.29. The number of allylic oxidation sites excluding steroid dienone is 3. The van der Waals surface area contributed by atoms with Crippen LogP contribution in [0.2, 0.25) is 5.02 Å². The van der Waals surface area contributed by atoms with Crippen LogP contribution in [0, 0.1) is 5.92 Å². The number of nitrogens with zero attached hydrogens (tertiary/aromatic N) is 2. The molecule has 2 heterocycles. The Balaban J connectivity index is 0.000000951. The third-order valence-electron chi connectivity index (χ3n) is 4.12. The maximum atomic E-state index is 11.1.